The Balaban J connectivity index is 0.000000701. The lowest BCUT2D eigenvalue weighted by molar-refractivity contribution is -0.191. The summed E-state index contributed by atoms with van der Waals surface area (Å²) < 4.78 is 11.4. The SMILES string of the molecule is CCc1coc(N2CCC(Oc3ccc(C#N)cn3)CC2)n1.O=C=O. The van der Waals surface area contributed by atoms with Gasteiger partial charge in [-0.3, -0.25) is 0 Å². The van der Waals surface area contributed by atoms with Crippen LogP contribution in [0.15, 0.2) is 29.0 Å². The van der Waals surface area contributed by atoms with Crippen molar-refractivity contribution in [1.29, 1.82) is 5.26 Å². The lowest BCUT2D eigenvalue weighted by Crippen LogP contribution is -2.38. The van der Waals surface area contributed by atoms with E-state index in [9.17, 15) is 0 Å². The van der Waals surface area contributed by atoms with Gasteiger partial charge in [0.15, 0.2) is 0 Å². The monoisotopic (exact) mass is 342 g/mol. The summed E-state index contributed by atoms with van der Waals surface area (Å²) in [6.45, 7) is 3.77. The van der Waals surface area contributed by atoms with E-state index in [0.717, 1.165) is 38.0 Å². The smallest absolute Gasteiger partial charge is 0.373 e. The molecule has 1 aliphatic rings. The van der Waals surface area contributed by atoms with Crippen LogP contribution in [0.4, 0.5) is 6.01 Å². The normalized spacial score (nSPS) is 14.0. The summed E-state index contributed by atoms with van der Waals surface area (Å²) in [7, 11) is 0. The number of nitriles is 1. The van der Waals surface area contributed by atoms with Crippen LogP contribution in [0.25, 0.3) is 0 Å². The Morgan fingerprint density at radius 1 is 1.36 bits per heavy atom. The maximum absolute atomic E-state index is 8.76. The van der Waals surface area contributed by atoms with E-state index < -0.39 is 0 Å². The Kier molecular flexibility index (Phi) is 6.69. The molecule has 1 saturated heterocycles. The molecule has 0 spiro atoms. The quantitative estimate of drug-likeness (QED) is 0.829. The summed E-state index contributed by atoms with van der Waals surface area (Å²) in [5, 5.41) is 8.76. The summed E-state index contributed by atoms with van der Waals surface area (Å²) in [5.41, 5.74) is 1.52. The Morgan fingerprint density at radius 3 is 2.60 bits per heavy atom. The van der Waals surface area contributed by atoms with Crippen LogP contribution in [0.5, 0.6) is 5.88 Å². The number of aryl methyl sites for hydroxylation is 1. The Labute approximate surface area is 145 Å². The average Bonchev–Trinajstić information content (AvgIpc) is 3.13. The minimum atomic E-state index is 0.136. The first-order valence-corrected chi connectivity index (χ1v) is 7.91. The molecule has 25 heavy (non-hydrogen) atoms. The molecule has 2 aromatic heterocycles. The highest BCUT2D eigenvalue weighted by Gasteiger charge is 2.23. The fourth-order valence-electron chi connectivity index (χ4n) is 2.46. The Hall–Kier alpha value is -3.17. The number of ether oxygens (including phenoxy) is 1. The van der Waals surface area contributed by atoms with Crippen molar-refractivity contribution in [3.63, 3.8) is 0 Å². The highest BCUT2D eigenvalue weighted by molar-refractivity contribution is 5.29. The van der Waals surface area contributed by atoms with Crippen LogP contribution in [0, 0.1) is 11.3 Å². The molecule has 8 heteroatoms. The van der Waals surface area contributed by atoms with E-state index in [0.29, 0.717) is 17.5 Å². The van der Waals surface area contributed by atoms with Crippen molar-refractivity contribution < 1.29 is 18.7 Å². The van der Waals surface area contributed by atoms with Gasteiger partial charge in [-0.05, 0) is 12.5 Å². The van der Waals surface area contributed by atoms with Crippen molar-refractivity contribution in [2.75, 3.05) is 18.0 Å². The molecule has 1 aliphatic heterocycles. The molecule has 130 valence electrons. The van der Waals surface area contributed by atoms with Gasteiger partial charge < -0.3 is 14.1 Å². The van der Waals surface area contributed by atoms with Crippen LogP contribution < -0.4 is 9.64 Å². The second-order valence-corrected chi connectivity index (χ2v) is 5.36. The van der Waals surface area contributed by atoms with Crippen LogP contribution >= 0.6 is 0 Å². The summed E-state index contributed by atoms with van der Waals surface area (Å²) >= 11 is 0. The van der Waals surface area contributed by atoms with Crippen LogP contribution in [0.3, 0.4) is 0 Å². The third-order valence-corrected chi connectivity index (χ3v) is 3.77. The predicted octanol–water partition coefficient (Wildman–Crippen LogP) is 1.97. The lowest BCUT2D eigenvalue weighted by Gasteiger charge is -2.30. The molecule has 0 aliphatic carbocycles. The molecule has 0 N–H and O–H groups in total. The molecule has 0 radical (unpaired) electrons. The molecule has 0 atom stereocenters. The molecular weight excluding hydrogens is 324 g/mol. The number of carbonyl (C=O) groups excluding carboxylic acids is 2. The van der Waals surface area contributed by atoms with Gasteiger partial charge in [0.25, 0.3) is 6.01 Å². The van der Waals surface area contributed by atoms with Crippen molar-refractivity contribution in [2.45, 2.75) is 32.3 Å². The highest BCUT2D eigenvalue weighted by atomic mass is 16.5. The fourth-order valence-corrected chi connectivity index (χ4v) is 2.46. The first-order chi connectivity index (χ1) is 12.2. The van der Waals surface area contributed by atoms with Crippen molar-refractivity contribution in [3.8, 4) is 11.9 Å². The Morgan fingerprint density at radius 2 is 2.08 bits per heavy atom. The zero-order valence-corrected chi connectivity index (χ0v) is 13.8. The van der Waals surface area contributed by atoms with E-state index >= 15 is 0 Å². The van der Waals surface area contributed by atoms with Crippen molar-refractivity contribution in [1.82, 2.24) is 9.97 Å². The zero-order chi connectivity index (χ0) is 18.1. The second-order valence-electron chi connectivity index (χ2n) is 5.36. The molecule has 8 nitrogen and oxygen atoms in total. The molecule has 0 amide bonds. The zero-order valence-electron chi connectivity index (χ0n) is 13.8. The molecule has 3 rings (SSSR count). The van der Waals surface area contributed by atoms with Gasteiger partial charge in [0.2, 0.25) is 5.88 Å². The van der Waals surface area contributed by atoms with E-state index in [-0.39, 0.29) is 12.3 Å². The first-order valence-electron chi connectivity index (χ1n) is 7.91. The predicted molar refractivity (Wildman–Crippen MR) is 85.7 cm³/mol. The second kappa shape index (κ2) is 9.21. The first kappa shape index (κ1) is 18.2. The number of nitrogens with zero attached hydrogens (tertiary/aromatic N) is 4. The molecule has 2 aromatic rings. The van der Waals surface area contributed by atoms with Crippen molar-refractivity contribution in [3.05, 3.63) is 35.9 Å². The fraction of sp³-hybridized carbons (Fsp3) is 0.412. The summed E-state index contributed by atoms with van der Waals surface area (Å²) in [6, 6.07) is 6.21. The number of aromatic nitrogens is 2. The number of anilines is 1. The molecule has 3 heterocycles. The van der Waals surface area contributed by atoms with E-state index in [1.54, 1.807) is 18.4 Å². The average molecular weight is 342 g/mol. The number of rotatable bonds is 4. The van der Waals surface area contributed by atoms with Gasteiger partial charge >= 0.3 is 6.15 Å². The van der Waals surface area contributed by atoms with Gasteiger partial charge in [0, 0.05) is 38.2 Å². The number of pyridine rings is 1. The topological polar surface area (TPSA) is 109 Å². The van der Waals surface area contributed by atoms with Gasteiger partial charge in [-0.2, -0.15) is 19.8 Å². The number of hydrogen-bond acceptors (Lipinski definition) is 8. The summed E-state index contributed by atoms with van der Waals surface area (Å²) in [6.07, 6.45) is 6.31. The van der Waals surface area contributed by atoms with Gasteiger partial charge in [0.1, 0.15) is 18.4 Å². The molecular formula is C17H18N4O4. The van der Waals surface area contributed by atoms with Crippen molar-refractivity contribution in [2.24, 2.45) is 0 Å². The molecule has 1 fully saturated rings. The maximum atomic E-state index is 8.76. The number of hydrogen-bond donors (Lipinski definition) is 0. The van der Waals surface area contributed by atoms with Crippen LogP contribution in [-0.2, 0) is 16.0 Å². The largest absolute Gasteiger partial charge is 0.474 e. The van der Waals surface area contributed by atoms with E-state index in [2.05, 4.69) is 21.8 Å². The summed E-state index contributed by atoms with van der Waals surface area (Å²) in [5.74, 6) is 0.571. The van der Waals surface area contributed by atoms with Gasteiger partial charge in [-0.25, -0.2) is 4.98 Å². The van der Waals surface area contributed by atoms with E-state index in [1.807, 2.05) is 6.07 Å². The molecule has 0 saturated carbocycles. The minimum Gasteiger partial charge on any atom is -0.474 e. The van der Waals surface area contributed by atoms with E-state index in [4.69, 9.17) is 24.0 Å². The maximum Gasteiger partial charge on any atom is 0.373 e. The highest BCUT2D eigenvalue weighted by Crippen LogP contribution is 2.22. The summed E-state index contributed by atoms with van der Waals surface area (Å²) in [4.78, 5) is 27.0. The number of piperidine rings is 1. The van der Waals surface area contributed by atoms with Crippen LogP contribution in [0.1, 0.15) is 31.0 Å². The van der Waals surface area contributed by atoms with Gasteiger partial charge in [-0.15, -0.1) is 0 Å². The lowest BCUT2D eigenvalue weighted by atomic mass is 10.1. The minimum absolute atomic E-state index is 0.136. The number of oxazole rings is 1. The third kappa shape index (κ3) is 5.16. The van der Waals surface area contributed by atoms with E-state index in [1.165, 1.54) is 6.20 Å². The van der Waals surface area contributed by atoms with Crippen LogP contribution in [0.2, 0.25) is 0 Å². The Bertz CT molecular complexity index is 737. The van der Waals surface area contributed by atoms with Crippen LogP contribution in [-0.4, -0.2) is 35.3 Å². The van der Waals surface area contributed by atoms with Crippen molar-refractivity contribution >= 4 is 12.2 Å². The molecule has 0 bridgehead atoms. The third-order valence-electron chi connectivity index (χ3n) is 3.77. The van der Waals surface area contributed by atoms with Gasteiger partial charge in [0.05, 0.1) is 11.3 Å². The standard InChI is InChI=1S/C16H18N4O2.CO2/c1-2-13-11-21-16(19-13)20-7-5-14(6-8-20)22-15-4-3-12(9-17)10-18-15;2-1-3/h3-4,10-11,14H,2,5-8H2,1H3;. The molecule has 0 unspecified atom stereocenters. The van der Waals surface area contributed by atoms with Gasteiger partial charge in [-0.1, -0.05) is 6.92 Å². The molecule has 0 aromatic carbocycles.